The van der Waals surface area contributed by atoms with Crippen molar-refractivity contribution in [1.29, 1.82) is 0 Å². The zero-order valence-corrected chi connectivity index (χ0v) is 11.2. The average Bonchev–Trinajstić information content (AvgIpc) is 2.80. The minimum atomic E-state index is -0.800. The van der Waals surface area contributed by atoms with Gasteiger partial charge in [0.05, 0.1) is 23.5 Å². The number of aromatic nitrogens is 2. The van der Waals surface area contributed by atoms with Gasteiger partial charge in [-0.2, -0.15) is 14.9 Å². The summed E-state index contributed by atoms with van der Waals surface area (Å²) in [4.78, 5) is 4.26. The lowest BCUT2D eigenvalue weighted by Gasteiger charge is -2.27. The smallest absolute Gasteiger partial charge is 0.181 e. The van der Waals surface area contributed by atoms with Gasteiger partial charge in [0.1, 0.15) is 0 Å². The van der Waals surface area contributed by atoms with Gasteiger partial charge in [0, 0.05) is 0 Å². The normalized spacial score (nSPS) is 32.7. The van der Waals surface area contributed by atoms with Gasteiger partial charge in [0.25, 0.3) is 0 Å². The molecule has 7 heteroatoms. The quantitative estimate of drug-likeness (QED) is 0.668. The summed E-state index contributed by atoms with van der Waals surface area (Å²) in [6, 6.07) is -0.192. The monoisotopic (exact) mass is 268 g/mol. The molecule has 2 aliphatic rings. The van der Waals surface area contributed by atoms with E-state index >= 15 is 0 Å². The van der Waals surface area contributed by atoms with E-state index in [0.29, 0.717) is 11.4 Å². The topological polar surface area (TPSA) is 85.0 Å². The molecule has 2 atom stereocenters. The zero-order chi connectivity index (χ0) is 13.7. The molecule has 1 saturated carbocycles. The minimum Gasteiger partial charge on any atom is -0.427 e. The number of rotatable bonds is 1. The van der Waals surface area contributed by atoms with Crippen LogP contribution in [0.3, 0.4) is 0 Å². The molecule has 106 valence electrons. The first kappa shape index (κ1) is 12.9. The molecule has 1 aliphatic heterocycles. The Hall–Kier alpha value is -1.15. The fourth-order valence-electron chi connectivity index (χ4n) is 3.22. The molecule has 2 fully saturated rings. The Morgan fingerprint density at radius 2 is 1.53 bits per heavy atom. The zero-order valence-electron chi connectivity index (χ0n) is 11.2. The van der Waals surface area contributed by atoms with Gasteiger partial charge in [-0.3, -0.25) is 0 Å². The van der Waals surface area contributed by atoms with E-state index in [9.17, 15) is 15.6 Å². The third-order valence-electron chi connectivity index (χ3n) is 4.45. The molecule has 0 amide bonds. The van der Waals surface area contributed by atoms with Crippen molar-refractivity contribution in [2.75, 3.05) is 0 Å². The molecule has 0 radical (unpaired) electrons. The van der Waals surface area contributed by atoms with E-state index in [1.165, 1.54) is 0 Å². The van der Waals surface area contributed by atoms with Crippen LogP contribution in [-0.2, 0) is 0 Å². The summed E-state index contributed by atoms with van der Waals surface area (Å²) in [5.74, 6) is 0.259. The number of nitrogens with zero attached hydrogens (tertiary/aromatic N) is 4. The molecule has 2 heterocycles. The molecule has 7 nitrogen and oxygen atoms in total. The van der Waals surface area contributed by atoms with Gasteiger partial charge in [-0.25, -0.2) is 4.98 Å². The van der Waals surface area contributed by atoms with E-state index in [1.807, 2.05) is 0 Å². The molecule has 1 aromatic rings. The maximum absolute atomic E-state index is 10.3. The predicted octanol–water partition coefficient (Wildman–Crippen LogP) is 1.44. The van der Waals surface area contributed by atoms with Crippen molar-refractivity contribution in [1.82, 2.24) is 19.8 Å². The summed E-state index contributed by atoms with van der Waals surface area (Å²) in [5, 5.41) is 32.9. The second-order valence-corrected chi connectivity index (χ2v) is 5.51. The molecular weight excluding hydrogens is 248 g/mol. The van der Waals surface area contributed by atoms with Crippen LogP contribution in [0.15, 0.2) is 0 Å². The molecule has 19 heavy (non-hydrogen) atoms. The third kappa shape index (κ3) is 1.77. The lowest BCUT2D eigenvalue weighted by Crippen LogP contribution is -2.37. The Morgan fingerprint density at radius 3 is 1.95 bits per heavy atom. The molecule has 2 unspecified atom stereocenters. The van der Waals surface area contributed by atoms with E-state index in [0.717, 1.165) is 40.5 Å². The van der Waals surface area contributed by atoms with Crippen molar-refractivity contribution < 1.29 is 15.6 Å². The lowest BCUT2D eigenvalue weighted by molar-refractivity contribution is -0.217. The molecule has 1 aliphatic carbocycles. The molecular formula is C12H20N4O3. The summed E-state index contributed by atoms with van der Waals surface area (Å²) in [5.41, 5.74) is 1.31. The van der Waals surface area contributed by atoms with Crippen molar-refractivity contribution in [2.24, 2.45) is 0 Å². The van der Waals surface area contributed by atoms with Crippen molar-refractivity contribution in [3.05, 3.63) is 17.2 Å². The van der Waals surface area contributed by atoms with E-state index in [1.54, 1.807) is 13.8 Å². The third-order valence-corrected chi connectivity index (χ3v) is 4.45. The largest absolute Gasteiger partial charge is 0.427 e. The highest BCUT2D eigenvalue weighted by Crippen LogP contribution is 2.40. The predicted molar refractivity (Wildman–Crippen MR) is 64.9 cm³/mol. The number of hydrogen-bond donors (Lipinski definition) is 3. The Kier molecular flexibility index (Phi) is 3.01. The molecule has 3 rings (SSSR count). The summed E-state index contributed by atoms with van der Waals surface area (Å²) < 4.78 is 0.948. The van der Waals surface area contributed by atoms with E-state index in [-0.39, 0.29) is 17.9 Å². The van der Waals surface area contributed by atoms with Crippen molar-refractivity contribution >= 4 is 0 Å². The van der Waals surface area contributed by atoms with Gasteiger partial charge in [0.15, 0.2) is 12.0 Å². The van der Waals surface area contributed by atoms with Crippen molar-refractivity contribution in [3.63, 3.8) is 0 Å². The van der Waals surface area contributed by atoms with Gasteiger partial charge in [-0.1, -0.05) is 12.8 Å². The summed E-state index contributed by atoms with van der Waals surface area (Å²) in [6.07, 6.45) is 2.98. The van der Waals surface area contributed by atoms with Crippen LogP contribution in [0.2, 0.25) is 0 Å². The fourth-order valence-corrected chi connectivity index (χ4v) is 3.22. The Labute approximate surface area is 111 Å². The second kappa shape index (κ2) is 4.45. The SMILES string of the molecule is Cc1nc(C2N(O)C3CCCCC3N2O)n(O)c1C. The number of imidazole rings is 1. The van der Waals surface area contributed by atoms with Crippen LogP contribution in [0, 0.1) is 13.8 Å². The highest BCUT2D eigenvalue weighted by molar-refractivity contribution is 5.16. The first-order chi connectivity index (χ1) is 9.02. The van der Waals surface area contributed by atoms with Gasteiger partial charge < -0.3 is 15.6 Å². The van der Waals surface area contributed by atoms with Crippen molar-refractivity contribution in [2.45, 2.75) is 57.8 Å². The molecule has 1 aromatic heterocycles. The van der Waals surface area contributed by atoms with Crippen LogP contribution in [-0.4, -0.2) is 47.5 Å². The number of aryl methyl sites for hydroxylation is 1. The second-order valence-electron chi connectivity index (χ2n) is 5.51. The molecule has 3 N–H and O–H groups in total. The highest BCUT2D eigenvalue weighted by atomic mass is 16.6. The standard InChI is InChI=1S/C12H20N4O3/c1-7-8(2)14(17)11(13-7)12-15(18)9-5-3-4-6-10(9)16(12)19/h9-10,12,17-19H,3-6H2,1-2H3. The lowest BCUT2D eigenvalue weighted by atomic mass is 9.91. The van der Waals surface area contributed by atoms with Gasteiger partial charge >= 0.3 is 0 Å². The first-order valence-electron chi connectivity index (χ1n) is 6.72. The molecule has 1 saturated heterocycles. The minimum absolute atomic E-state index is 0.0962. The van der Waals surface area contributed by atoms with Gasteiger partial charge in [0.2, 0.25) is 0 Å². The fraction of sp³-hybridized carbons (Fsp3) is 0.750. The number of fused-ring (bicyclic) bond motifs is 1. The van der Waals surface area contributed by atoms with E-state index < -0.39 is 6.17 Å². The van der Waals surface area contributed by atoms with E-state index in [4.69, 9.17) is 0 Å². The van der Waals surface area contributed by atoms with Crippen LogP contribution in [0.25, 0.3) is 0 Å². The summed E-state index contributed by atoms with van der Waals surface area (Å²) >= 11 is 0. The maximum atomic E-state index is 10.3. The van der Waals surface area contributed by atoms with Gasteiger partial charge in [-0.05, 0) is 26.7 Å². The summed E-state index contributed by atoms with van der Waals surface area (Å²) in [7, 11) is 0. The number of hydroxylamine groups is 4. The van der Waals surface area contributed by atoms with Crippen molar-refractivity contribution in [3.8, 4) is 0 Å². The Bertz CT molecular complexity index is 472. The molecule has 0 bridgehead atoms. The van der Waals surface area contributed by atoms with Gasteiger partial charge in [-0.15, -0.1) is 0 Å². The first-order valence-corrected chi connectivity index (χ1v) is 6.72. The Morgan fingerprint density at radius 1 is 1.00 bits per heavy atom. The van der Waals surface area contributed by atoms with Crippen LogP contribution in [0.4, 0.5) is 0 Å². The molecule has 0 spiro atoms. The van der Waals surface area contributed by atoms with Crippen LogP contribution < -0.4 is 0 Å². The maximum Gasteiger partial charge on any atom is 0.181 e. The number of hydrogen-bond acceptors (Lipinski definition) is 6. The average molecular weight is 268 g/mol. The highest BCUT2D eigenvalue weighted by Gasteiger charge is 2.50. The Balaban J connectivity index is 1.98. The van der Waals surface area contributed by atoms with Crippen LogP contribution in [0.5, 0.6) is 0 Å². The summed E-state index contributed by atoms with van der Waals surface area (Å²) in [6.45, 7) is 3.54. The van der Waals surface area contributed by atoms with Crippen LogP contribution >= 0.6 is 0 Å². The molecule has 0 aromatic carbocycles. The van der Waals surface area contributed by atoms with E-state index in [2.05, 4.69) is 4.98 Å². The van der Waals surface area contributed by atoms with Crippen LogP contribution in [0.1, 0.15) is 49.1 Å².